The van der Waals surface area contributed by atoms with Crippen LogP contribution >= 0.6 is 0 Å². The molecule has 32 heavy (non-hydrogen) atoms. The zero-order valence-corrected chi connectivity index (χ0v) is 18.1. The summed E-state index contributed by atoms with van der Waals surface area (Å²) in [5.41, 5.74) is 0.189. The van der Waals surface area contributed by atoms with E-state index in [2.05, 4.69) is 14.9 Å². The van der Waals surface area contributed by atoms with Crippen LogP contribution in [-0.2, 0) is 10.0 Å². The van der Waals surface area contributed by atoms with E-state index in [9.17, 15) is 17.6 Å². The summed E-state index contributed by atoms with van der Waals surface area (Å²) in [6, 6.07) is 14.7. The molecule has 2 heterocycles. The predicted molar refractivity (Wildman–Crippen MR) is 118 cm³/mol. The molecule has 1 aromatic heterocycles. The third kappa shape index (κ3) is 5.00. The van der Waals surface area contributed by atoms with Gasteiger partial charge in [0.25, 0.3) is 15.9 Å². The Morgan fingerprint density at radius 3 is 2.41 bits per heavy atom. The van der Waals surface area contributed by atoms with Crippen molar-refractivity contribution in [1.82, 2.24) is 10.2 Å². The first-order valence-electron chi connectivity index (χ1n) is 10.4. The monoisotopic (exact) mass is 457 g/mol. The Morgan fingerprint density at radius 2 is 1.75 bits per heavy atom. The van der Waals surface area contributed by atoms with Gasteiger partial charge < -0.3 is 9.73 Å². The molecule has 1 aliphatic heterocycles. The van der Waals surface area contributed by atoms with Crippen molar-refractivity contribution in [3.63, 3.8) is 0 Å². The van der Waals surface area contributed by atoms with E-state index in [0.717, 1.165) is 31.7 Å². The number of nitrogens with zero attached hydrogens (tertiary/aromatic N) is 1. The van der Waals surface area contributed by atoms with Gasteiger partial charge in [-0.05, 0) is 74.5 Å². The molecule has 0 unspecified atom stereocenters. The van der Waals surface area contributed by atoms with Crippen molar-refractivity contribution in [2.45, 2.75) is 23.8 Å². The summed E-state index contributed by atoms with van der Waals surface area (Å²) in [6.07, 6.45) is 3.85. The van der Waals surface area contributed by atoms with Gasteiger partial charge in [-0.25, -0.2) is 12.8 Å². The zero-order chi connectivity index (χ0) is 22.6. The first-order valence-corrected chi connectivity index (χ1v) is 11.9. The summed E-state index contributed by atoms with van der Waals surface area (Å²) in [7, 11) is -3.99. The molecule has 1 aliphatic rings. The maximum absolute atomic E-state index is 13.8. The van der Waals surface area contributed by atoms with Crippen LogP contribution in [0.4, 0.5) is 10.1 Å². The van der Waals surface area contributed by atoms with Gasteiger partial charge in [-0.15, -0.1) is 0 Å². The van der Waals surface area contributed by atoms with E-state index in [1.165, 1.54) is 48.5 Å². The van der Waals surface area contributed by atoms with Crippen LogP contribution in [0.3, 0.4) is 0 Å². The highest BCUT2D eigenvalue weighted by atomic mass is 32.2. The molecule has 0 bridgehead atoms. The summed E-state index contributed by atoms with van der Waals surface area (Å²) in [5.74, 6) is -0.184. The Hall–Kier alpha value is -3.17. The van der Waals surface area contributed by atoms with Gasteiger partial charge in [0.05, 0.1) is 22.9 Å². The SMILES string of the molecule is O=C(NC[C@H](c1ccco1)N1CCCC1)c1ccc(S(=O)(=O)Nc2ccccc2F)cc1. The van der Waals surface area contributed by atoms with E-state index >= 15 is 0 Å². The molecular weight excluding hydrogens is 433 g/mol. The number of sulfonamides is 1. The summed E-state index contributed by atoms with van der Waals surface area (Å²) >= 11 is 0. The number of likely N-dealkylation sites (tertiary alicyclic amines) is 1. The number of anilines is 1. The lowest BCUT2D eigenvalue weighted by atomic mass is 10.1. The number of nitrogens with one attached hydrogen (secondary N) is 2. The second kappa shape index (κ2) is 9.54. The highest BCUT2D eigenvalue weighted by Crippen LogP contribution is 2.25. The fourth-order valence-corrected chi connectivity index (χ4v) is 4.84. The van der Waals surface area contributed by atoms with Crippen molar-refractivity contribution in [3.8, 4) is 0 Å². The molecule has 0 saturated carbocycles. The third-order valence-electron chi connectivity index (χ3n) is 5.45. The molecule has 1 fully saturated rings. The molecule has 7 nitrogen and oxygen atoms in total. The fourth-order valence-electron chi connectivity index (χ4n) is 3.77. The molecule has 2 aromatic carbocycles. The highest BCUT2D eigenvalue weighted by molar-refractivity contribution is 7.92. The molecule has 0 aliphatic carbocycles. The lowest BCUT2D eigenvalue weighted by Gasteiger charge is -2.26. The number of halogens is 1. The van der Waals surface area contributed by atoms with Gasteiger partial charge in [0.15, 0.2) is 0 Å². The average Bonchev–Trinajstić information content (AvgIpc) is 3.50. The van der Waals surface area contributed by atoms with Crippen molar-refractivity contribution < 1.29 is 22.0 Å². The van der Waals surface area contributed by atoms with Crippen LogP contribution < -0.4 is 10.0 Å². The lowest BCUT2D eigenvalue weighted by molar-refractivity contribution is 0.0933. The van der Waals surface area contributed by atoms with Gasteiger partial charge in [0.1, 0.15) is 11.6 Å². The number of amides is 1. The molecule has 168 valence electrons. The number of hydrogen-bond donors (Lipinski definition) is 2. The Labute approximate surface area is 186 Å². The first kappa shape index (κ1) is 22.0. The van der Waals surface area contributed by atoms with E-state index in [-0.39, 0.29) is 22.5 Å². The van der Waals surface area contributed by atoms with Crippen molar-refractivity contribution in [3.05, 3.63) is 84.1 Å². The second-order valence-corrected chi connectivity index (χ2v) is 9.28. The van der Waals surface area contributed by atoms with Crippen LogP contribution in [0.2, 0.25) is 0 Å². The lowest BCUT2D eigenvalue weighted by Crippen LogP contribution is -2.36. The molecule has 0 spiro atoms. The van der Waals surface area contributed by atoms with Crippen LogP contribution in [-0.4, -0.2) is 38.9 Å². The fraction of sp³-hybridized carbons (Fsp3) is 0.261. The maximum Gasteiger partial charge on any atom is 0.261 e. The third-order valence-corrected chi connectivity index (χ3v) is 6.84. The van der Waals surface area contributed by atoms with Crippen LogP contribution in [0.1, 0.15) is 35.0 Å². The molecule has 3 aromatic rings. The zero-order valence-electron chi connectivity index (χ0n) is 17.3. The molecular formula is C23H24FN3O4S. The number of hydrogen-bond acceptors (Lipinski definition) is 5. The number of benzene rings is 2. The summed E-state index contributed by atoms with van der Waals surface area (Å²) in [4.78, 5) is 14.9. The normalized spacial score (nSPS) is 15.4. The second-order valence-electron chi connectivity index (χ2n) is 7.59. The molecule has 1 atom stereocenters. The molecule has 1 saturated heterocycles. The predicted octanol–water partition coefficient (Wildman–Crippen LogP) is 3.79. The van der Waals surface area contributed by atoms with Crippen LogP contribution in [0.15, 0.2) is 76.2 Å². The first-order chi connectivity index (χ1) is 15.4. The van der Waals surface area contributed by atoms with E-state index in [0.29, 0.717) is 12.1 Å². The minimum Gasteiger partial charge on any atom is -0.468 e. The number of carbonyl (C=O) groups excluding carboxylic acids is 1. The molecule has 2 N–H and O–H groups in total. The van der Waals surface area contributed by atoms with Crippen molar-refractivity contribution in [1.29, 1.82) is 0 Å². The van der Waals surface area contributed by atoms with Gasteiger partial charge in [-0.3, -0.25) is 14.4 Å². The van der Waals surface area contributed by atoms with Gasteiger partial charge in [-0.1, -0.05) is 12.1 Å². The van der Waals surface area contributed by atoms with Gasteiger partial charge in [0.2, 0.25) is 0 Å². The quantitative estimate of drug-likeness (QED) is 0.537. The van der Waals surface area contributed by atoms with Crippen molar-refractivity contribution in [2.24, 2.45) is 0 Å². The summed E-state index contributed by atoms with van der Waals surface area (Å²) in [5, 5.41) is 2.91. The standard InChI is InChI=1S/C23H24FN3O4S/c24-19-6-1-2-7-20(19)26-32(29,30)18-11-9-17(10-12-18)23(28)25-16-21(22-8-5-15-31-22)27-13-3-4-14-27/h1-2,5-12,15,21,26H,3-4,13-14,16H2,(H,25,28)/t21-/m1/s1. The Bertz CT molecular complexity index is 1160. The molecule has 4 rings (SSSR count). The molecule has 0 radical (unpaired) electrons. The van der Waals surface area contributed by atoms with Gasteiger partial charge >= 0.3 is 0 Å². The van der Waals surface area contributed by atoms with E-state index in [1.807, 2.05) is 12.1 Å². The van der Waals surface area contributed by atoms with Crippen LogP contribution in [0, 0.1) is 5.82 Å². The minimum atomic E-state index is -3.99. The van der Waals surface area contributed by atoms with Gasteiger partial charge in [0, 0.05) is 12.1 Å². The summed E-state index contributed by atoms with van der Waals surface area (Å²) in [6.45, 7) is 2.27. The highest BCUT2D eigenvalue weighted by Gasteiger charge is 2.26. The van der Waals surface area contributed by atoms with Crippen LogP contribution in [0.5, 0.6) is 0 Å². The van der Waals surface area contributed by atoms with Crippen molar-refractivity contribution in [2.75, 3.05) is 24.4 Å². The Balaban J connectivity index is 1.42. The number of para-hydroxylation sites is 1. The van der Waals surface area contributed by atoms with E-state index in [1.54, 1.807) is 6.26 Å². The average molecular weight is 458 g/mol. The molecule has 9 heteroatoms. The smallest absolute Gasteiger partial charge is 0.261 e. The summed E-state index contributed by atoms with van der Waals surface area (Å²) < 4.78 is 46.6. The van der Waals surface area contributed by atoms with Gasteiger partial charge in [-0.2, -0.15) is 0 Å². The topological polar surface area (TPSA) is 91.7 Å². The Kier molecular flexibility index (Phi) is 6.57. The van der Waals surface area contributed by atoms with E-state index in [4.69, 9.17) is 4.42 Å². The Morgan fingerprint density at radius 1 is 1.03 bits per heavy atom. The maximum atomic E-state index is 13.8. The van der Waals surface area contributed by atoms with Crippen LogP contribution in [0.25, 0.3) is 0 Å². The number of furan rings is 1. The van der Waals surface area contributed by atoms with E-state index < -0.39 is 15.8 Å². The number of rotatable bonds is 8. The van der Waals surface area contributed by atoms with Crippen molar-refractivity contribution >= 4 is 21.6 Å². The minimum absolute atomic E-state index is 0.0546. The molecule has 1 amide bonds. The number of carbonyl (C=O) groups is 1. The largest absolute Gasteiger partial charge is 0.468 e.